The third-order valence-corrected chi connectivity index (χ3v) is 17.1. The fraction of sp³-hybridized carbons (Fsp3) is 0.306. The summed E-state index contributed by atoms with van der Waals surface area (Å²) in [7, 11) is 0. The lowest BCUT2D eigenvalue weighted by Crippen LogP contribution is -2.54. The number of carbonyl (C=O) groups excluding carboxylic acids is 6. The van der Waals surface area contributed by atoms with Crippen molar-refractivity contribution in [1.82, 2.24) is 31.1 Å². The van der Waals surface area contributed by atoms with E-state index in [1.54, 1.807) is 24.3 Å². The van der Waals surface area contributed by atoms with Crippen LogP contribution < -0.4 is 40.2 Å². The number of carbonyl (C=O) groups is 6. The maximum atomic E-state index is 15.9. The van der Waals surface area contributed by atoms with Crippen molar-refractivity contribution in [2.75, 3.05) is 52.5 Å². The molecule has 460 valence electrons. The monoisotopic (exact) mass is 1210 g/mol. The third-order valence-electron chi connectivity index (χ3n) is 17.1. The minimum absolute atomic E-state index is 0.0682. The summed E-state index contributed by atoms with van der Waals surface area (Å²) in [5.74, 6) is -1.75. The van der Waals surface area contributed by atoms with Gasteiger partial charge in [-0.25, -0.2) is 0 Å². The topological polar surface area (TPSA) is 219 Å². The highest BCUT2D eigenvalue weighted by Gasteiger charge is 2.46. The molecule has 6 amide bonds. The molecule has 4 unspecified atom stereocenters. The number of benzene rings is 9. The number of rotatable bonds is 26. The van der Waals surface area contributed by atoms with Gasteiger partial charge in [-0.05, 0) is 113 Å². The molecule has 0 aromatic heterocycles. The highest BCUT2D eigenvalue weighted by molar-refractivity contribution is 6.45. The van der Waals surface area contributed by atoms with Crippen molar-refractivity contribution in [2.45, 2.75) is 91.5 Å². The van der Waals surface area contributed by atoms with Crippen LogP contribution in [-0.4, -0.2) is 122 Å². The molecule has 18 heteroatoms. The molecule has 9 aromatic rings. The van der Waals surface area contributed by atoms with E-state index in [-0.39, 0.29) is 94.2 Å². The summed E-state index contributed by atoms with van der Waals surface area (Å²) in [6, 6.07) is 33.7. The Morgan fingerprint density at radius 1 is 0.422 bits per heavy atom. The van der Waals surface area contributed by atoms with E-state index in [0.29, 0.717) is 108 Å². The number of aryl methyl sites for hydroxylation is 4. The van der Waals surface area contributed by atoms with Crippen LogP contribution >= 0.6 is 0 Å². The standard InChI is InChI=1S/C72H70N6O12/c1-7-9-53(67(79)75-29-27-73-35-47-37-85-47)77-69(81)49-31-55(87-43-19-11-39(3)12-20-43)61-63-57(89-45-23-15-41(5)16-24-45)33-51-60-52(72(84)78(71(51)83)54(10-8-2)68(80)76-30-28-74-36-48-38-86-48)34-58(90-46-25-17-42(6)18-26-46)64(66(60)63)62-56(88-44-21-13-40(4)14-22-44)32-50(70(77)82)59(49)65(61)62/h11-26,31-34,47-48,53-54,73-74H,7-10,27-30,35-38H2,1-6H3,(H,75,79)(H,76,80). The Morgan fingerprint density at radius 2 is 0.689 bits per heavy atom. The summed E-state index contributed by atoms with van der Waals surface area (Å²) in [5.41, 5.74) is 4.11. The zero-order valence-electron chi connectivity index (χ0n) is 51.1. The average molecular weight is 1210 g/mol. The van der Waals surface area contributed by atoms with E-state index in [1.165, 1.54) is 0 Å². The number of hydrogen-bond acceptors (Lipinski definition) is 14. The van der Waals surface area contributed by atoms with Crippen molar-refractivity contribution in [3.8, 4) is 46.0 Å². The summed E-state index contributed by atoms with van der Waals surface area (Å²) in [5, 5.41) is 15.1. The van der Waals surface area contributed by atoms with Gasteiger partial charge in [0.15, 0.2) is 0 Å². The molecule has 2 saturated heterocycles. The first kappa shape index (κ1) is 59.5. The largest absolute Gasteiger partial charge is 0.457 e. The van der Waals surface area contributed by atoms with Crippen LogP contribution in [0.3, 0.4) is 0 Å². The maximum absolute atomic E-state index is 15.9. The summed E-state index contributed by atoms with van der Waals surface area (Å²) in [4.78, 5) is 95.0. The molecule has 0 spiro atoms. The van der Waals surface area contributed by atoms with Gasteiger partial charge in [-0.2, -0.15) is 0 Å². The first-order valence-corrected chi connectivity index (χ1v) is 31.0. The Balaban J connectivity index is 1.12. The Morgan fingerprint density at radius 3 is 0.933 bits per heavy atom. The zero-order chi connectivity index (χ0) is 62.5. The third kappa shape index (κ3) is 11.5. The van der Waals surface area contributed by atoms with Crippen LogP contribution in [0.1, 0.15) is 103 Å². The molecule has 18 nitrogen and oxygen atoms in total. The molecule has 4 aliphatic rings. The first-order valence-electron chi connectivity index (χ1n) is 31.0. The molecule has 0 saturated carbocycles. The summed E-state index contributed by atoms with van der Waals surface area (Å²) >= 11 is 0. The number of epoxide rings is 2. The molecule has 13 rings (SSSR count). The molecule has 0 aliphatic carbocycles. The summed E-state index contributed by atoms with van der Waals surface area (Å²) in [6.07, 6.45) is 1.51. The number of hydrogen-bond donors (Lipinski definition) is 4. The smallest absolute Gasteiger partial charge is 0.262 e. The normalized spacial score (nSPS) is 16.5. The minimum atomic E-state index is -1.22. The number of ether oxygens (including phenoxy) is 6. The first-order chi connectivity index (χ1) is 43.7. The van der Waals surface area contributed by atoms with Crippen LogP contribution in [0, 0.1) is 27.7 Å². The predicted octanol–water partition coefficient (Wildman–Crippen LogP) is 11.9. The SMILES string of the molecule is CCCC(C(=O)NCCNCC1CO1)N1C(=O)c2cc(Oc3ccc(C)cc3)c3c4c(Oc5ccc(C)cc5)cc5c6c(cc(Oc7ccc(C)cc7)c(c7c(Oc8ccc(C)cc8)cc(c2c37)C1=O)c64)C(=O)N(C(CCC)C(=O)NCCNCC1CO1)C5=O. The van der Waals surface area contributed by atoms with Crippen molar-refractivity contribution < 1.29 is 57.2 Å². The molecule has 0 radical (unpaired) electrons. The lowest BCUT2D eigenvalue weighted by atomic mass is 9.80. The van der Waals surface area contributed by atoms with Crippen molar-refractivity contribution in [1.29, 1.82) is 0 Å². The van der Waals surface area contributed by atoms with E-state index in [4.69, 9.17) is 28.4 Å². The van der Waals surface area contributed by atoms with Crippen LogP contribution in [-0.2, 0) is 19.1 Å². The fourth-order valence-corrected chi connectivity index (χ4v) is 12.3. The highest BCUT2D eigenvalue weighted by atomic mass is 16.6. The van der Waals surface area contributed by atoms with Gasteiger partial charge in [-0.3, -0.25) is 38.6 Å². The van der Waals surface area contributed by atoms with Crippen molar-refractivity contribution in [3.63, 3.8) is 0 Å². The van der Waals surface area contributed by atoms with Gasteiger partial charge in [0.1, 0.15) is 58.1 Å². The van der Waals surface area contributed by atoms with Gasteiger partial charge in [0.25, 0.3) is 23.6 Å². The van der Waals surface area contributed by atoms with Crippen LogP contribution in [0.4, 0.5) is 0 Å². The van der Waals surface area contributed by atoms with Gasteiger partial charge >= 0.3 is 0 Å². The van der Waals surface area contributed by atoms with E-state index in [0.717, 1.165) is 32.1 Å². The van der Waals surface area contributed by atoms with E-state index in [2.05, 4.69) is 21.3 Å². The molecule has 4 aliphatic heterocycles. The number of nitrogens with one attached hydrogen (secondary N) is 4. The average Bonchev–Trinajstić information content (AvgIpc) is 0.679. The minimum Gasteiger partial charge on any atom is -0.457 e. The fourth-order valence-electron chi connectivity index (χ4n) is 12.3. The number of nitrogens with zero attached hydrogens (tertiary/aromatic N) is 2. The lowest BCUT2D eigenvalue weighted by Gasteiger charge is -2.36. The highest BCUT2D eigenvalue weighted by Crippen LogP contribution is 2.58. The van der Waals surface area contributed by atoms with E-state index in [1.807, 2.05) is 139 Å². The molecule has 4 N–H and O–H groups in total. The van der Waals surface area contributed by atoms with Crippen LogP contribution in [0.25, 0.3) is 43.1 Å². The zero-order valence-corrected chi connectivity index (χ0v) is 51.1. The van der Waals surface area contributed by atoms with Gasteiger partial charge in [0, 0.05) is 82.4 Å². The van der Waals surface area contributed by atoms with E-state index >= 15 is 19.2 Å². The van der Waals surface area contributed by atoms with Crippen molar-refractivity contribution in [2.24, 2.45) is 0 Å². The second-order valence-electron chi connectivity index (χ2n) is 23.8. The van der Waals surface area contributed by atoms with Crippen LogP contribution in [0.2, 0.25) is 0 Å². The van der Waals surface area contributed by atoms with Gasteiger partial charge < -0.3 is 49.7 Å². The van der Waals surface area contributed by atoms with Crippen molar-refractivity contribution >= 4 is 78.5 Å². The predicted molar refractivity (Wildman–Crippen MR) is 342 cm³/mol. The number of imide groups is 2. The Kier molecular flexibility index (Phi) is 16.4. The maximum Gasteiger partial charge on any atom is 0.262 e. The molecule has 0 bridgehead atoms. The Bertz CT molecular complexity index is 3820. The van der Waals surface area contributed by atoms with Gasteiger partial charge in [0.05, 0.1) is 47.7 Å². The molecule has 4 atom stereocenters. The van der Waals surface area contributed by atoms with Crippen LogP contribution in [0.5, 0.6) is 46.0 Å². The molecular weight excluding hydrogens is 1140 g/mol. The van der Waals surface area contributed by atoms with Gasteiger partial charge in [-0.15, -0.1) is 0 Å². The molecule has 4 heterocycles. The van der Waals surface area contributed by atoms with Gasteiger partial charge in [-0.1, -0.05) is 97.5 Å². The Hall–Kier alpha value is -9.46. The number of fused-ring (bicyclic) bond motifs is 2. The van der Waals surface area contributed by atoms with Crippen molar-refractivity contribution in [3.05, 3.63) is 166 Å². The molecular formula is C72H70N6O12. The molecule has 2 fully saturated rings. The second kappa shape index (κ2) is 24.8. The Labute approximate surface area is 520 Å². The molecule has 90 heavy (non-hydrogen) atoms. The summed E-state index contributed by atoms with van der Waals surface area (Å²) in [6.45, 7) is 15.6. The van der Waals surface area contributed by atoms with E-state index < -0.39 is 47.5 Å². The quantitative estimate of drug-likeness (QED) is 0.0130. The summed E-state index contributed by atoms with van der Waals surface area (Å²) < 4.78 is 39.2. The van der Waals surface area contributed by atoms with Crippen LogP contribution in [0.15, 0.2) is 121 Å². The van der Waals surface area contributed by atoms with E-state index in [9.17, 15) is 9.59 Å². The lowest BCUT2D eigenvalue weighted by molar-refractivity contribution is -0.125. The van der Waals surface area contributed by atoms with Gasteiger partial charge in [0.2, 0.25) is 11.8 Å². The number of amides is 6. The molecule has 9 aromatic carbocycles. The second-order valence-corrected chi connectivity index (χ2v) is 23.8.